The van der Waals surface area contributed by atoms with Crippen LogP contribution in [-0.4, -0.2) is 36.1 Å². The Morgan fingerprint density at radius 1 is 1.59 bits per heavy atom. The van der Waals surface area contributed by atoms with Crippen molar-refractivity contribution < 1.29 is 4.76 Å². The lowest BCUT2D eigenvalue weighted by Crippen LogP contribution is -2.54. The lowest BCUT2D eigenvalue weighted by Gasteiger charge is -2.42. The molecule has 5 nitrogen and oxygen atoms in total. The first-order valence-electron chi connectivity index (χ1n) is 6.00. The predicted molar refractivity (Wildman–Crippen MR) is 64.6 cm³/mol. The topological polar surface area (TPSA) is 47.4 Å². The number of piperidine rings is 1. The highest BCUT2D eigenvalue weighted by Crippen LogP contribution is 2.35. The molecule has 0 aromatic rings. The molecule has 5 heteroatoms. The molecule has 2 N–H and O–H groups in total. The van der Waals surface area contributed by atoms with Gasteiger partial charge < -0.3 is 5.32 Å². The lowest BCUT2D eigenvalue weighted by molar-refractivity contribution is -0.549. The summed E-state index contributed by atoms with van der Waals surface area (Å²) in [4.78, 5) is 11.5. The Morgan fingerprint density at radius 3 is 3.29 bits per heavy atom. The Kier molecular flexibility index (Phi) is 2.48. The molecular formula is C12H17N4O+. The van der Waals surface area contributed by atoms with E-state index in [1.165, 1.54) is 11.1 Å². The van der Waals surface area contributed by atoms with E-state index >= 15 is 0 Å². The van der Waals surface area contributed by atoms with Crippen molar-refractivity contribution in [2.75, 3.05) is 20.1 Å². The second kappa shape index (κ2) is 4.00. The van der Waals surface area contributed by atoms with Gasteiger partial charge in [-0.05, 0) is 17.8 Å². The van der Waals surface area contributed by atoms with E-state index in [4.69, 9.17) is 0 Å². The van der Waals surface area contributed by atoms with Crippen LogP contribution in [0.25, 0.3) is 0 Å². The van der Waals surface area contributed by atoms with Gasteiger partial charge in [0.25, 0.3) is 0 Å². The van der Waals surface area contributed by atoms with E-state index < -0.39 is 0 Å². The summed E-state index contributed by atoms with van der Waals surface area (Å²) in [6.07, 6.45) is 9.33. The van der Waals surface area contributed by atoms with Crippen molar-refractivity contribution in [3.8, 4) is 0 Å². The summed E-state index contributed by atoms with van der Waals surface area (Å²) in [5, 5.41) is 5.37. The van der Waals surface area contributed by atoms with E-state index in [1.54, 1.807) is 0 Å². The van der Waals surface area contributed by atoms with Crippen LogP contribution in [0.2, 0.25) is 0 Å². The molecule has 0 bridgehead atoms. The van der Waals surface area contributed by atoms with Crippen LogP contribution < -0.4 is 10.7 Å². The van der Waals surface area contributed by atoms with Crippen LogP contribution in [0.4, 0.5) is 0 Å². The number of nitrogens with one attached hydrogen (secondary N) is 2. The fourth-order valence-corrected chi connectivity index (χ4v) is 2.85. The molecule has 0 saturated carbocycles. The van der Waals surface area contributed by atoms with Crippen LogP contribution >= 0.6 is 0 Å². The molecule has 3 aliphatic rings. The van der Waals surface area contributed by atoms with Crippen molar-refractivity contribution in [2.24, 2.45) is 5.92 Å². The van der Waals surface area contributed by atoms with Crippen molar-refractivity contribution in [3.63, 3.8) is 0 Å². The number of nitroso groups, excluding NO2 is 1. The van der Waals surface area contributed by atoms with Gasteiger partial charge in [-0.2, -0.15) is 0 Å². The first-order chi connectivity index (χ1) is 8.29. The van der Waals surface area contributed by atoms with Crippen molar-refractivity contribution in [1.82, 2.24) is 15.8 Å². The molecular weight excluding hydrogens is 216 g/mol. The van der Waals surface area contributed by atoms with E-state index in [-0.39, 0.29) is 6.17 Å². The Labute approximate surface area is 100 Å². The minimum Gasteiger partial charge on any atom is -0.367 e. The highest BCUT2D eigenvalue weighted by molar-refractivity contribution is 5.35. The number of rotatable bonds is 1. The van der Waals surface area contributed by atoms with Crippen LogP contribution in [0.3, 0.4) is 0 Å². The molecule has 1 fully saturated rings. The molecule has 2 atom stereocenters. The Morgan fingerprint density at radius 2 is 2.47 bits per heavy atom. The Hall–Kier alpha value is -1.62. The van der Waals surface area contributed by atoms with Crippen LogP contribution in [0, 0.1) is 10.8 Å². The maximum Gasteiger partial charge on any atom is 0.215 e. The summed E-state index contributed by atoms with van der Waals surface area (Å²) < 4.78 is 1.14. The number of nitrogens with zero attached hydrogens (tertiary/aromatic N) is 2. The molecule has 1 saturated heterocycles. The molecule has 3 heterocycles. The van der Waals surface area contributed by atoms with E-state index in [9.17, 15) is 4.91 Å². The lowest BCUT2D eigenvalue weighted by atomic mass is 9.81. The van der Waals surface area contributed by atoms with Crippen molar-refractivity contribution in [1.29, 1.82) is 0 Å². The molecule has 2 unspecified atom stereocenters. The predicted octanol–water partition coefficient (Wildman–Crippen LogP) is 0.488. The molecule has 0 aromatic carbocycles. The second-order valence-corrected chi connectivity index (χ2v) is 4.63. The fourth-order valence-electron chi connectivity index (χ4n) is 2.85. The summed E-state index contributed by atoms with van der Waals surface area (Å²) in [5.74, 6) is 0.423. The van der Waals surface area contributed by atoms with Gasteiger partial charge in [-0.1, -0.05) is 6.08 Å². The number of allylic oxidation sites excluding steroid dienone is 2. The average molecular weight is 233 g/mol. The van der Waals surface area contributed by atoms with E-state index in [0.29, 0.717) is 19.0 Å². The van der Waals surface area contributed by atoms with Crippen LogP contribution in [-0.2, 0) is 0 Å². The number of hydrazine groups is 1. The SMILES string of the molecule is CNN1C=C2C[N+](=O)CCC2C2=CC=CNC21. The van der Waals surface area contributed by atoms with Gasteiger partial charge in [0.15, 0.2) is 6.54 Å². The summed E-state index contributed by atoms with van der Waals surface area (Å²) in [6.45, 7) is 1.16. The molecule has 0 aromatic heterocycles. The van der Waals surface area contributed by atoms with Crippen molar-refractivity contribution >= 4 is 0 Å². The zero-order valence-electron chi connectivity index (χ0n) is 9.89. The number of hydrogen-bond donors (Lipinski definition) is 2. The summed E-state index contributed by atoms with van der Waals surface area (Å²) in [5.41, 5.74) is 5.71. The zero-order chi connectivity index (χ0) is 11.8. The van der Waals surface area contributed by atoms with Gasteiger partial charge in [0.2, 0.25) is 6.54 Å². The van der Waals surface area contributed by atoms with Gasteiger partial charge in [-0.3, -0.25) is 5.01 Å². The van der Waals surface area contributed by atoms with Crippen LogP contribution in [0.1, 0.15) is 6.42 Å². The Balaban J connectivity index is 1.99. The number of hydrogen-bond acceptors (Lipinski definition) is 4. The average Bonchev–Trinajstić information content (AvgIpc) is 2.37. The van der Waals surface area contributed by atoms with E-state index in [2.05, 4.69) is 23.0 Å². The first kappa shape index (κ1) is 10.5. The summed E-state index contributed by atoms with van der Waals surface area (Å²) >= 11 is 0. The third-order valence-corrected chi connectivity index (χ3v) is 3.67. The standard InChI is InChI=1S/C12H17N4O/c1-13-16-8-9-7-15(17)6-4-10(9)11-3-2-5-14-12(11)16/h2-3,5,8,10,12-14H,4,6-7H2,1H3/q+1. The molecule has 0 spiro atoms. The van der Waals surface area contributed by atoms with Crippen molar-refractivity contribution in [3.05, 3.63) is 40.6 Å². The van der Waals surface area contributed by atoms with Gasteiger partial charge in [0.1, 0.15) is 6.17 Å². The highest BCUT2D eigenvalue weighted by Gasteiger charge is 2.39. The maximum absolute atomic E-state index is 11.5. The largest absolute Gasteiger partial charge is 0.367 e. The van der Waals surface area contributed by atoms with Gasteiger partial charge in [-0.15, -0.1) is 0 Å². The molecule has 3 aliphatic heterocycles. The third kappa shape index (κ3) is 1.67. The van der Waals surface area contributed by atoms with Crippen molar-refractivity contribution in [2.45, 2.75) is 12.6 Å². The number of fused-ring (bicyclic) bond motifs is 3. The van der Waals surface area contributed by atoms with Crippen LogP contribution in [0.15, 0.2) is 35.7 Å². The molecule has 0 radical (unpaired) electrons. The minimum absolute atomic E-state index is 0.178. The molecule has 0 aliphatic carbocycles. The van der Waals surface area contributed by atoms with Gasteiger partial charge in [-0.25, -0.2) is 5.43 Å². The van der Waals surface area contributed by atoms with Crippen LogP contribution in [0.5, 0.6) is 0 Å². The second-order valence-electron chi connectivity index (χ2n) is 4.63. The minimum atomic E-state index is 0.178. The molecule has 17 heavy (non-hydrogen) atoms. The molecule has 90 valence electrons. The van der Waals surface area contributed by atoms with E-state index in [1.807, 2.05) is 24.3 Å². The third-order valence-electron chi connectivity index (χ3n) is 3.67. The molecule has 3 rings (SSSR count). The highest BCUT2D eigenvalue weighted by atomic mass is 16.3. The fraction of sp³-hybridized carbons (Fsp3) is 0.500. The Bertz CT molecular complexity index is 438. The summed E-state index contributed by atoms with van der Waals surface area (Å²) in [7, 11) is 1.90. The zero-order valence-corrected chi connectivity index (χ0v) is 9.89. The van der Waals surface area contributed by atoms with Gasteiger partial charge in [0.05, 0.1) is 0 Å². The van der Waals surface area contributed by atoms with E-state index in [0.717, 1.165) is 11.2 Å². The smallest absolute Gasteiger partial charge is 0.215 e. The summed E-state index contributed by atoms with van der Waals surface area (Å²) in [6, 6.07) is 0. The van der Waals surface area contributed by atoms with Gasteiger partial charge in [0, 0.05) is 40.8 Å². The van der Waals surface area contributed by atoms with Gasteiger partial charge >= 0.3 is 0 Å². The first-order valence-corrected chi connectivity index (χ1v) is 6.00. The monoisotopic (exact) mass is 233 g/mol. The quantitative estimate of drug-likeness (QED) is 0.647. The molecule has 0 amide bonds. The maximum atomic E-state index is 11.5. The normalized spacial score (nSPS) is 31.1. The number of dihydropyridines is 1.